The number of fused-ring (bicyclic) bond motifs is 1. The molecule has 0 aliphatic carbocycles. The normalized spacial score (nSPS) is 14.4. The van der Waals surface area contributed by atoms with Gasteiger partial charge in [0.2, 0.25) is 5.91 Å². The summed E-state index contributed by atoms with van der Waals surface area (Å²) in [6, 6.07) is 14.0. The van der Waals surface area contributed by atoms with Gasteiger partial charge in [-0.15, -0.1) is 0 Å². The van der Waals surface area contributed by atoms with E-state index in [1.54, 1.807) is 6.07 Å². The second-order valence-electron chi connectivity index (χ2n) is 5.85. The van der Waals surface area contributed by atoms with E-state index in [0.717, 1.165) is 30.8 Å². The summed E-state index contributed by atoms with van der Waals surface area (Å²) >= 11 is 0. The Balaban J connectivity index is 1.59. The zero-order valence-corrected chi connectivity index (χ0v) is 12.8. The molecule has 22 heavy (non-hydrogen) atoms. The highest BCUT2D eigenvalue weighted by Crippen LogP contribution is 2.19. The molecule has 1 heterocycles. The van der Waals surface area contributed by atoms with Crippen molar-refractivity contribution in [2.24, 2.45) is 0 Å². The van der Waals surface area contributed by atoms with Crippen LogP contribution in [0.15, 0.2) is 42.5 Å². The summed E-state index contributed by atoms with van der Waals surface area (Å²) < 4.78 is 0. The van der Waals surface area contributed by atoms with E-state index >= 15 is 0 Å². The smallest absolute Gasteiger partial charge is 0.238 e. The Labute approximate surface area is 130 Å². The van der Waals surface area contributed by atoms with Gasteiger partial charge in [-0.05, 0) is 42.2 Å². The van der Waals surface area contributed by atoms with Gasteiger partial charge in [0.05, 0.1) is 6.54 Å². The monoisotopic (exact) mass is 295 g/mol. The molecule has 0 aromatic heterocycles. The molecule has 1 aliphatic heterocycles. The van der Waals surface area contributed by atoms with Crippen LogP contribution in [-0.2, 0) is 17.8 Å². The fourth-order valence-electron chi connectivity index (χ4n) is 2.81. The minimum Gasteiger partial charge on any atom is -0.398 e. The minimum atomic E-state index is 0.00244. The standard InChI is InChI=1S/C18H21N3O/c1-13-6-7-16(10-17(13)19)20-18(22)12-21-9-8-14-4-2-3-5-15(14)11-21/h2-7,10H,8-9,11-12,19H2,1H3,(H,20,22). The number of nitrogen functional groups attached to an aromatic ring is 1. The van der Waals surface area contributed by atoms with Crippen LogP contribution in [0, 0.1) is 6.92 Å². The van der Waals surface area contributed by atoms with Crippen LogP contribution in [0.3, 0.4) is 0 Å². The van der Waals surface area contributed by atoms with Crippen molar-refractivity contribution in [3.05, 3.63) is 59.2 Å². The Morgan fingerprint density at radius 2 is 2.00 bits per heavy atom. The van der Waals surface area contributed by atoms with E-state index in [9.17, 15) is 4.79 Å². The van der Waals surface area contributed by atoms with E-state index in [4.69, 9.17) is 5.73 Å². The summed E-state index contributed by atoms with van der Waals surface area (Å²) in [6.45, 7) is 4.11. The average molecular weight is 295 g/mol. The van der Waals surface area contributed by atoms with Crippen LogP contribution in [0.2, 0.25) is 0 Å². The molecule has 0 bridgehead atoms. The lowest BCUT2D eigenvalue weighted by atomic mass is 10.00. The minimum absolute atomic E-state index is 0.00244. The number of anilines is 2. The predicted molar refractivity (Wildman–Crippen MR) is 89.6 cm³/mol. The first-order valence-electron chi connectivity index (χ1n) is 7.57. The molecule has 2 aromatic rings. The summed E-state index contributed by atoms with van der Waals surface area (Å²) in [5.41, 5.74) is 11.1. The molecule has 4 nitrogen and oxygen atoms in total. The third kappa shape index (κ3) is 3.28. The van der Waals surface area contributed by atoms with Gasteiger partial charge in [-0.1, -0.05) is 30.3 Å². The van der Waals surface area contributed by atoms with Crippen LogP contribution in [0.5, 0.6) is 0 Å². The zero-order valence-electron chi connectivity index (χ0n) is 12.8. The molecule has 0 saturated carbocycles. The number of benzene rings is 2. The van der Waals surface area contributed by atoms with Crippen LogP contribution in [0.25, 0.3) is 0 Å². The zero-order chi connectivity index (χ0) is 15.5. The maximum absolute atomic E-state index is 12.2. The maximum Gasteiger partial charge on any atom is 0.238 e. The van der Waals surface area contributed by atoms with Gasteiger partial charge in [0.25, 0.3) is 0 Å². The summed E-state index contributed by atoms with van der Waals surface area (Å²) in [6.07, 6.45) is 1.00. The van der Waals surface area contributed by atoms with Crippen molar-refractivity contribution < 1.29 is 4.79 Å². The van der Waals surface area contributed by atoms with Gasteiger partial charge in [-0.2, -0.15) is 0 Å². The van der Waals surface area contributed by atoms with Crippen molar-refractivity contribution >= 4 is 17.3 Å². The van der Waals surface area contributed by atoms with Crippen LogP contribution >= 0.6 is 0 Å². The molecule has 3 N–H and O–H groups in total. The Bertz CT molecular complexity index is 696. The molecule has 0 radical (unpaired) electrons. The van der Waals surface area contributed by atoms with Gasteiger partial charge < -0.3 is 11.1 Å². The average Bonchev–Trinajstić information content (AvgIpc) is 2.51. The van der Waals surface area contributed by atoms with Crippen LogP contribution in [0.4, 0.5) is 11.4 Å². The maximum atomic E-state index is 12.2. The fraction of sp³-hybridized carbons (Fsp3) is 0.278. The lowest BCUT2D eigenvalue weighted by molar-refractivity contribution is -0.117. The molecular formula is C18H21N3O. The highest BCUT2D eigenvalue weighted by atomic mass is 16.2. The van der Waals surface area contributed by atoms with Gasteiger partial charge in [0.15, 0.2) is 0 Å². The van der Waals surface area contributed by atoms with E-state index < -0.39 is 0 Å². The number of amides is 1. The summed E-state index contributed by atoms with van der Waals surface area (Å²) in [5.74, 6) is 0.00244. The van der Waals surface area contributed by atoms with E-state index in [1.165, 1.54) is 11.1 Å². The number of nitrogens with one attached hydrogen (secondary N) is 1. The number of rotatable bonds is 3. The molecular weight excluding hydrogens is 274 g/mol. The first kappa shape index (κ1) is 14.6. The molecule has 3 rings (SSSR count). The summed E-state index contributed by atoms with van der Waals surface area (Å²) in [5, 5.41) is 2.92. The first-order chi connectivity index (χ1) is 10.6. The van der Waals surface area contributed by atoms with E-state index in [2.05, 4.69) is 34.5 Å². The Morgan fingerprint density at radius 1 is 1.23 bits per heavy atom. The molecule has 1 amide bonds. The van der Waals surface area contributed by atoms with E-state index in [-0.39, 0.29) is 5.91 Å². The van der Waals surface area contributed by atoms with Crippen molar-refractivity contribution in [1.29, 1.82) is 0 Å². The Hall–Kier alpha value is -2.33. The predicted octanol–water partition coefficient (Wildman–Crippen LogP) is 2.57. The molecule has 0 spiro atoms. The number of nitrogens with zero attached hydrogens (tertiary/aromatic N) is 1. The number of carbonyl (C=O) groups is 1. The molecule has 1 aliphatic rings. The second kappa shape index (κ2) is 6.20. The van der Waals surface area contributed by atoms with Crippen molar-refractivity contribution in [1.82, 2.24) is 4.90 Å². The van der Waals surface area contributed by atoms with E-state index in [0.29, 0.717) is 12.2 Å². The lowest BCUT2D eigenvalue weighted by Crippen LogP contribution is -2.37. The highest BCUT2D eigenvalue weighted by Gasteiger charge is 2.18. The summed E-state index contributed by atoms with van der Waals surface area (Å²) in [7, 11) is 0. The van der Waals surface area contributed by atoms with E-state index in [1.807, 2.05) is 19.1 Å². The first-order valence-corrected chi connectivity index (χ1v) is 7.57. The number of aryl methyl sites for hydroxylation is 1. The van der Waals surface area contributed by atoms with Crippen molar-refractivity contribution in [3.63, 3.8) is 0 Å². The molecule has 0 saturated heterocycles. The molecule has 114 valence electrons. The number of nitrogens with two attached hydrogens (primary N) is 1. The van der Waals surface area contributed by atoms with Crippen molar-refractivity contribution in [3.8, 4) is 0 Å². The number of hydrogen-bond acceptors (Lipinski definition) is 3. The van der Waals surface area contributed by atoms with Gasteiger partial charge >= 0.3 is 0 Å². The second-order valence-corrected chi connectivity index (χ2v) is 5.85. The Kier molecular flexibility index (Phi) is 4.11. The Morgan fingerprint density at radius 3 is 2.77 bits per heavy atom. The van der Waals surface area contributed by atoms with Crippen LogP contribution in [-0.4, -0.2) is 23.9 Å². The topological polar surface area (TPSA) is 58.4 Å². The quantitative estimate of drug-likeness (QED) is 0.856. The molecule has 2 aromatic carbocycles. The molecule has 0 unspecified atom stereocenters. The molecule has 0 atom stereocenters. The summed E-state index contributed by atoms with van der Waals surface area (Å²) in [4.78, 5) is 14.4. The van der Waals surface area contributed by atoms with Gasteiger partial charge in [0, 0.05) is 24.5 Å². The largest absolute Gasteiger partial charge is 0.398 e. The fourth-order valence-corrected chi connectivity index (χ4v) is 2.81. The number of hydrogen-bond donors (Lipinski definition) is 2. The molecule has 0 fully saturated rings. The molecule has 4 heteroatoms. The van der Waals surface area contributed by atoms with Gasteiger partial charge in [0.1, 0.15) is 0 Å². The SMILES string of the molecule is Cc1ccc(NC(=O)CN2CCc3ccccc3C2)cc1N. The van der Waals surface area contributed by atoms with Crippen LogP contribution in [0.1, 0.15) is 16.7 Å². The van der Waals surface area contributed by atoms with Gasteiger partial charge in [-0.3, -0.25) is 9.69 Å². The highest BCUT2D eigenvalue weighted by molar-refractivity contribution is 5.92. The number of carbonyl (C=O) groups excluding carboxylic acids is 1. The lowest BCUT2D eigenvalue weighted by Gasteiger charge is -2.28. The van der Waals surface area contributed by atoms with Crippen LogP contribution < -0.4 is 11.1 Å². The third-order valence-corrected chi connectivity index (χ3v) is 4.14. The van der Waals surface area contributed by atoms with Gasteiger partial charge in [-0.25, -0.2) is 0 Å². The van der Waals surface area contributed by atoms with Crippen molar-refractivity contribution in [2.45, 2.75) is 19.9 Å². The third-order valence-electron chi connectivity index (χ3n) is 4.14. The van der Waals surface area contributed by atoms with Crippen molar-refractivity contribution in [2.75, 3.05) is 24.1 Å².